The van der Waals surface area contributed by atoms with Gasteiger partial charge >= 0.3 is 0 Å². The first-order valence-corrected chi connectivity index (χ1v) is 5.03. The van der Waals surface area contributed by atoms with Crippen LogP contribution in [0.1, 0.15) is 0 Å². The molecule has 0 unspecified atom stereocenters. The number of aromatic nitrogens is 1. The summed E-state index contributed by atoms with van der Waals surface area (Å²) in [7, 11) is 1.65. The van der Waals surface area contributed by atoms with Gasteiger partial charge in [0, 0.05) is 5.56 Å². The van der Waals surface area contributed by atoms with Crippen molar-refractivity contribution >= 4 is 17.2 Å². The summed E-state index contributed by atoms with van der Waals surface area (Å²) in [6.45, 7) is 0. The summed E-state index contributed by atoms with van der Waals surface area (Å²) in [6, 6.07) is 7.77. The molecular weight excluding hydrogens is 196 g/mol. The maximum Gasteiger partial charge on any atom is 0.142 e. The van der Waals surface area contributed by atoms with Crippen molar-refractivity contribution in [1.82, 2.24) is 4.98 Å². The first-order chi connectivity index (χ1) is 6.83. The monoisotopic (exact) mass is 206 g/mol. The van der Waals surface area contributed by atoms with Crippen LogP contribution in [-0.2, 0) is 0 Å². The van der Waals surface area contributed by atoms with Crippen LogP contribution in [0.15, 0.2) is 29.8 Å². The van der Waals surface area contributed by atoms with Crippen LogP contribution in [0.4, 0.5) is 5.82 Å². The predicted molar refractivity (Wildman–Crippen MR) is 58.5 cm³/mol. The van der Waals surface area contributed by atoms with E-state index in [-0.39, 0.29) is 0 Å². The minimum atomic E-state index is 0.555. The van der Waals surface area contributed by atoms with Gasteiger partial charge in [0.25, 0.3) is 0 Å². The Labute approximate surface area is 86.2 Å². The normalized spacial score (nSPS) is 10.1. The molecule has 0 aliphatic heterocycles. The molecule has 2 rings (SSSR count). The number of benzene rings is 1. The summed E-state index contributed by atoms with van der Waals surface area (Å²) in [4.78, 5) is 4.97. The lowest BCUT2D eigenvalue weighted by molar-refractivity contribution is 0.416. The van der Waals surface area contributed by atoms with Gasteiger partial charge in [0.2, 0.25) is 0 Å². The van der Waals surface area contributed by atoms with E-state index >= 15 is 0 Å². The molecule has 0 saturated heterocycles. The van der Waals surface area contributed by atoms with Crippen molar-refractivity contribution < 1.29 is 4.74 Å². The lowest BCUT2D eigenvalue weighted by atomic mass is 10.1. The Kier molecular flexibility index (Phi) is 2.37. The van der Waals surface area contributed by atoms with Crippen molar-refractivity contribution in [3.05, 3.63) is 29.8 Å². The number of ether oxygens (including phenoxy) is 1. The van der Waals surface area contributed by atoms with Gasteiger partial charge in [-0.05, 0) is 12.1 Å². The van der Waals surface area contributed by atoms with Crippen LogP contribution >= 0.6 is 11.3 Å². The second-order valence-corrected chi connectivity index (χ2v) is 3.62. The summed E-state index contributed by atoms with van der Waals surface area (Å²) in [5.74, 6) is 1.38. The zero-order valence-corrected chi connectivity index (χ0v) is 8.54. The number of para-hydroxylation sites is 1. The van der Waals surface area contributed by atoms with E-state index in [2.05, 4.69) is 4.98 Å². The standard InChI is InChI=1S/C10H10N2OS/c1-13-8-5-3-2-4-7(8)9-10(11)12-6-14-9/h2-6H,11H2,1H3. The van der Waals surface area contributed by atoms with Crippen molar-refractivity contribution in [2.45, 2.75) is 0 Å². The van der Waals surface area contributed by atoms with Crippen molar-refractivity contribution in [3.63, 3.8) is 0 Å². The van der Waals surface area contributed by atoms with Gasteiger partial charge in [-0.2, -0.15) is 0 Å². The van der Waals surface area contributed by atoms with Crippen LogP contribution < -0.4 is 10.5 Å². The number of thiazole rings is 1. The lowest BCUT2D eigenvalue weighted by Gasteiger charge is -2.05. The van der Waals surface area contributed by atoms with E-state index in [1.54, 1.807) is 12.6 Å². The minimum absolute atomic E-state index is 0.555. The number of hydrogen-bond acceptors (Lipinski definition) is 4. The molecule has 2 N–H and O–H groups in total. The molecule has 0 bridgehead atoms. The topological polar surface area (TPSA) is 48.1 Å². The van der Waals surface area contributed by atoms with Gasteiger partial charge in [-0.25, -0.2) is 4.98 Å². The van der Waals surface area contributed by atoms with Crippen molar-refractivity contribution in [3.8, 4) is 16.2 Å². The molecular formula is C10H10N2OS. The summed E-state index contributed by atoms with van der Waals surface area (Å²) in [6.07, 6.45) is 0. The van der Waals surface area contributed by atoms with Crippen molar-refractivity contribution in [1.29, 1.82) is 0 Å². The zero-order chi connectivity index (χ0) is 9.97. The van der Waals surface area contributed by atoms with Crippen LogP contribution in [0.2, 0.25) is 0 Å². The third-order valence-electron chi connectivity index (χ3n) is 1.95. The van der Waals surface area contributed by atoms with Gasteiger partial charge in [-0.1, -0.05) is 12.1 Å². The number of methoxy groups -OCH3 is 1. The quantitative estimate of drug-likeness (QED) is 0.820. The molecule has 1 aromatic heterocycles. The van der Waals surface area contributed by atoms with E-state index in [4.69, 9.17) is 10.5 Å². The smallest absolute Gasteiger partial charge is 0.142 e. The average molecular weight is 206 g/mol. The fraction of sp³-hybridized carbons (Fsp3) is 0.100. The van der Waals surface area contributed by atoms with E-state index in [1.165, 1.54) is 11.3 Å². The van der Waals surface area contributed by atoms with Gasteiger partial charge in [0.1, 0.15) is 11.6 Å². The molecule has 3 nitrogen and oxygen atoms in total. The summed E-state index contributed by atoms with van der Waals surface area (Å²) < 4.78 is 5.25. The van der Waals surface area contributed by atoms with E-state index in [0.717, 1.165) is 16.2 Å². The number of nitrogens with zero attached hydrogens (tertiary/aromatic N) is 1. The summed E-state index contributed by atoms with van der Waals surface area (Å²) in [5, 5.41) is 0. The number of rotatable bonds is 2. The molecule has 0 aliphatic rings. The Morgan fingerprint density at radius 2 is 2.14 bits per heavy atom. The molecule has 0 aliphatic carbocycles. The Balaban J connectivity index is 2.56. The van der Waals surface area contributed by atoms with Gasteiger partial charge in [0.05, 0.1) is 17.5 Å². The molecule has 0 amide bonds. The number of nitrogen functional groups attached to an aromatic ring is 1. The van der Waals surface area contributed by atoms with Crippen molar-refractivity contribution in [2.24, 2.45) is 0 Å². The average Bonchev–Trinajstić information content (AvgIpc) is 2.64. The highest BCUT2D eigenvalue weighted by Gasteiger charge is 2.09. The van der Waals surface area contributed by atoms with Crippen LogP contribution in [0, 0.1) is 0 Å². The Morgan fingerprint density at radius 1 is 1.36 bits per heavy atom. The van der Waals surface area contributed by atoms with E-state index in [0.29, 0.717) is 5.82 Å². The van der Waals surface area contributed by atoms with Crippen LogP contribution in [0.3, 0.4) is 0 Å². The molecule has 0 saturated carbocycles. The van der Waals surface area contributed by atoms with Gasteiger partial charge in [-0.15, -0.1) is 11.3 Å². The van der Waals surface area contributed by atoms with Gasteiger partial charge < -0.3 is 10.5 Å². The predicted octanol–water partition coefficient (Wildman–Crippen LogP) is 2.40. The Hall–Kier alpha value is -1.55. The maximum absolute atomic E-state index is 5.74. The molecule has 1 aromatic carbocycles. The summed E-state index contributed by atoms with van der Waals surface area (Å²) >= 11 is 1.52. The summed E-state index contributed by atoms with van der Waals surface area (Å²) in [5.41, 5.74) is 8.47. The van der Waals surface area contributed by atoms with E-state index in [1.807, 2.05) is 24.3 Å². The molecule has 4 heteroatoms. The fourth-order valence-corrected chi connectivity index (χ4v) is 2.03. The minimum Gasteiger partial charge on any atom is -0.496 e. The van der Waals surface area contributed by atoms with E-state index < -0.39 is 0 Å². The zero-order valence-electron chi connectivity index (χ0n) is 7.73. The van der Waals surface area contributed by atoms with Gasteiger partial charge in [-0.3, -0.25) is 0 Å². The van der Waals surface area contributed by atoms with Crippen LogP contribution in [0.5, 0.6) is 5.75 Å². The number of nitrogens with two attached hydrogens (primary N) is 1. The fourth-order valence-electron chi connectivity index (χ4n) is 1.29. The highest BCUT2D eigenvalue weighted by Crippen LogP contribution is 2.35. The van der Waals surface area contributed by atoms with Crippen LogP contribution in [0.25, 0.3) is 10.4 Å². The molecule has 14 heavy (non-hydrogen) atoms. The lowest BCUT2D eigenvalue weighted by Crippen LogP contribution is -1.90. The largest absolute Gasteiger partial charge is 0.496 e. The van der Waals surface area contributed by atoms with Crippen LogP contribution in [-0.4, -0.2) is 12.1 Å². The second-order valence-electron chi connectivity index (χ2n) is 2.77. The molecule has 0 fully saturated rings. The number of anilines is 1. The Morgan fingerprint density at radius 3 is 2.79 bits per heavy atom. The molecule has 0 radical (unpaired) electrons. The Bertz CT molecular complexity index is 439. The third-order valence-corrected chi connectivity index (χ3v) is 2.82. The second kappa shape index (κ2) is 3.67. The molecule has 2 aromatic rings. The van der Waals surface area contributed by atoms with E-state index in [9.17, 15) is 0 Å². The molecule has 72 valence electrons. The third kappa shape index (κ3) is 1.44. The molecule has 1 heterocycles. The maximum atomic E-state index is 5.74. The molecule has 0 spiro atoms. The first kappa shape index (κ1) is 9.02. The molecule has 0 atom stereocenters. The highest BCUT2D eigenvalue weighted by molar-refractivity contribution is 7.13. The first-order valence-electron chi connectivity index (χ1n) is 4.15. The SMILES string of the molecule is COc1ccccc1-c1scnc1N. The number of hydrogen-bond donors (Lipinski definition) is 1. The van der Waals surface area contributed by atoms with Gasteiger partial charge in [0.15, 0.2) is 0 Å². The van der Waals surface area contributed by atoms with Crippen molar-refractivity contribution in [2.75, 3.05) is 12.8 Å². The highest BCUT2D eigenvalue weighted by atomic mass is 32.1.